The minimum atomic E-state index is -0.153. The zero-order valence-electron chi connectivity index (χ0n) is 20.1. The first-order valence-electron chi connectivity index (χ1n) is 10.6. The normalized spacial score (nSPS) is 9.94. The summed E-state index contributed by atoms with van der Waals surface area (Å²) in [5.41, 5.74) is 8.69. The second kappa shape index (κ2) is 15.1. The van der Waals surface area contributed by atoms with Gasteiger partial charge < -0.3 is 20.1 Å². The summed E-state index contributed by atoms with van der Waals surface area (Å²) in [7, 11) is 1.72. The summed E-state index contributed by atoms with van der Waals surface area (Å²) >= 11 is 0. The van der Waals surface area contributed by atoms with Gasteiger partial charge in [0, 0.05) is 19.3 Å². The van der Waals surface area contributed by atoms with Gasteiger partial charge in [0.25, 0.3) is 0 Å². The van der Waals surface area contributed by atoms with E-state index in [9.17, 15) is 4.79 Å². The molecule has 1 amide bonds. The molecule has 0 saturated carbocycles. The zero-order chi connectivity index (χ0) is 24.6. The smallest absolute Gasteiger partial charge is 0.246 e. The molecule has 6 nitrogen and oxygen atoms in total. The van der Waals surface area contributed by atoms with Crippen LogP contribution in [-0.2, 0) is 16.1 Å². The molecule has 0 spiro atoms. The average Bonchev–Trinajstić information content (AvgIpc) is 2.81. The molecule has 176 valence electrons. The van der Waals surface area contributed by atoms with Crippen LogP contribution >= 0.6 is 0 Å². The Morgan fingerprint density at radius 2 is 1.88 bits per heavy atom. The maximum absolute atomic E-state index is 12.5. The number of amides is 1. The molecule has 0 unspecified atom stereocenters. The van der Waals surface area contributed by atoms with Gasteiger partial charge in [0.2, 0.25) is 5.91 Å². The highest BCUT2D eigenvalue weighted by Crippen LogP contribution is 2.22. The fourth-order valence-corrected chi connectivity index (χ4v) is 2.51. The van der Waals surface area contributed by atoms with Crippen LogP contribution in [0.1, 0.15) is 31.9 Å². The Bertz CT molecular complexity index is 962. The first kappa shape index (κ1) is 27.2. The van der Waals surface area contributed by atoms with Gasteiger partial charge in [-0.05, 0) is 49.6 Å². The van der Waals surface area contributed by atoms with E-state index in [0.29, 0.717) is 31.3 Å². The van der Waals surface area contributed by atoms with E-state index >= 15 is 0 Å². The van der Waals surface area contributed by atoms with Gasteiger partial charge in [0.05, 0.1) is 6.54 Å². The lowest BCUT2D eigenvalue weighted by Gasteiger charge is -2.19. The number of hydrogen-bond donors (Lipinski definition) is 1. The van der Waals surface area contributed by atoms with Crippen molar-refractivity contribution in [2.45, 2.75) is 27.4 Å². The van der Waals surface area contributed by atoms with Crippen LogP contribution < -0.4 is 10.5 Å². The van der Waals surface area contributed by atoms with Crippen molar-refractivity contribution in [3.8, 4) is 5.75 Å². The molecule has 2 aromatic rings. The maximum atomic E-state index is 12.5. The van der Waals surface area contributed by atoms with Crippen molar-refractivity contribution in [2.75, 3.05) is 25.9 Å². The highest BCUT2D eigenvalue weighted by atomic mass is 16.5. The SMILES string of the molecule is C=CC.C=CCOC(CN(C)C(=O)/C=C/c1cnc(N)c(OCc2ccccc2)c1)=C(C)C. The number of benzene rings is 1. The number of pyridine rings is 1. The van der Waals surface area contributed by atoms with Gasteiger partial charge in [-0.1, -0.05) is 49.1 Å². The van der Waals surface area contributed by atoms with Crippen molar-refractivity contribution in [3.63, 3.8) is 0 Å². The number of ether oxygens (including phenoxy) is 2. The summed E-state index contributed by atoms with van der Waals surface area (Å²) < 4.78 is 11.4. The molecule has 1 aromatic heterocycles. The van der Waals surface area contributed by atoms with Crippen molar-refractivity contribution in [1.29, 1.82) is 0 Å². The molecule has 0 radical (unpaired) electrons. The number of hydrogen-bond acceptors (Lipinski definition) is 5. The van der Waals surface area contributed by atoms with Crippen molar-refractivity contribution in [2.24, 2.45) is 0 Å². The lowest BCUT2D eigenvalue weighted by Crippen LogP contribution is -2.28. The maximum Gasteiger partial charge on any atom is 0.246 e. The van der Waals surface area contributed by atoms with Crippen LogP contribution in [-0.4, -0.2) is 36.0 Å². The summed E-state index contributed by atoms with van der Waals surface area (Å²) in [5, 5.41) is 0. The van der Waals surface area contributed by atoms with E-state index in [1.165, 1.54) is 6.08 Å². The second-order valence-corrected chi connectivity index (χ2v) is 7.39. The van der Waals surface area contributed by atoms with E-state index in [2.05, 4.69) is 18.1 Å². The summed E-state index contributed by atoms with van der Waals surface area (Å²) in [6.45, 7) is 14.0. The Kier molecular flexibility index (Phi) is 12.4. The van der Waals surface area contributed by atoms with Gasteiger partial charge in [0.1, 0.15) is 19.0 Å². The third kappa shape index (κ3) is 10.4. The van der Waals surface area contributed by atoms with Crippen molar-refractivity contribution < 1.29 is 14.3 Å². The minimum Gasteiger partial charge on any atom is -0.492 e. The predicted molar refractivity (Wildman–Crippen MR) is 136 cm³/mol. The van der Waals surface area contributed by atoms with E-state index in [1.807, 2.05) is 51.1 Å². The first-order valence-corrected chi connectivity index (χ1v) is 10.6. The fraction of sp³-hybridized carbons (Fsp3) is 0.259. The van der Waals surface area contributed by atoms with Crippen molar-refractivity contribution in [3.05, 3.63) is 96.4 Å². The van der Waals surface area contributed by atoms with Crippen LogP contribution in [0.25, 0.3) is 6.08 Å². The van der Waals surface area contributed by atoms with E-state index in [4.69, 9.17) is 15.2 Å². The number of carbonyl (C=O) groups is 1. The van der Waals surface area contributed by atoms with E-state index in [0.717, 1.165) is 22.5 Å². The number of nitrogen functional groups attached to an aromatic ring is 1. The van der Waals surface area contributed by atoms with Crippen LogP contribution in [0.2, 0.25) is 0 Å². The Morgan fingerprint density at radius 1 is 1.21 bits per heavy atom. The van der Waals surface area contributed by atoms with Gasteiger partial charge in [-0.3, -0.25) is 4.79 Å². The number of aromatic nitrogens is 1. The monoisotopic (exact) mass is 449 g/mol. The molecule has 33 heavy (non-hydrogen) atoms. The highest BCUT2D eigenvalue weighted by Gasteiger charge is 2.10. The number of allylic oxidation sites excluding steroid dienone is 2. The number of likely N-dealkylation sites (N-methyl/N-ethyl adjacent to an activating group) is 1. The third-order valence-corrected chi connectivity index (χ3v) is 4.25. The second-order valence-electron chi connectivity index (χ2n) is 7.39. The standard InChI is InChI=1S/C24H29N3O3.C3H6/c1-5-13-29-22(18(2)3)16-27(4)23(28)12-11-20-14-21(24(25)26-15-20)30-17-19-9-7-6-8-10-19;1-3-2/h5-12,14-15H,1,13,16-17H2,2-4H3,(H2,25,26);3H,1H2,2H3/b12-11+;. The molecule has 0 fully saturated rings. The molecule has 0 saturated heterocycles. The molecule has 6 heteroatoms. The fourth-order valence-electron chi connectivity index (χ4n) is 2.51. The number of anilines is 1. The van der Waals surface area contributed by atoms with Gasteiger partial charge in [0.15, 0.2) is 11.6 Å². The summed E-state index contributed by atoms with van der Waals surface area (Å²) in [6.07, 6.45) is 8.21. The van der Waals surface area contributed by atoms with E-state index in [1.54, 1.807) is 42.4 Å². The predicted octanol–water partition coefficient (Wildman–Crippen LogP) is 5.40. The van der Waals surface area contributed by atoms with Gasteiger partial charge in [-0.2, -0.15) is 0 Å². The molecule has 2 rings (SSSR count). The lowest BCUT2D eigenvalue weighted by atomic mass is 10.2. The lowest BCUT2D eigenvalue weighted by molar-refractivity contribution is -0.124. The summed E-state index contributed by atoms with van der Waals surface area (Å²) in [6, 6.07) is 11.6. The van der Waals surface area contributed by atoms with Gasteiger partial charge in [-0.15, -0.1) is 6.58 Å². The first-order chi connectivity index (χ1) is 15.8. The molecular formula is C27H35N3O3. The molecule has 0 aliphatic carbocycles. The van der Waals surface area contributed by atoms with Crippen LogP contribution in [0.15, 0.2) is 85.3 Å². The van der Waals surface area contributed by atoms with Crippen LogP contribution in [0, 0.1) is 0 Å². The molecular weight excluding hydrogens is 414 g/mol. The van der Waals surface area contributed by atoms with Crippen molar-refractivity contribution in [1.82, 2.24) is 9.88 Å². The van der Waals surface area contributed by atoms with E-state index in [-0.39, 0.29) is 5.91 Å². The zero-order valence-corrected chi connectivity index (χ0v) is 20.1. The largest absolute Gasteiger partial charge is 0.492 e. The number of nitrogens with zero attached hydrogens (tertiary/aromatic N) is 2. The number of rotatable bonds is 10. The molecule has 0 atom stereocenters. The summed E-state index contributed by atoms with van der Waals surface area (Å²) in [5.74, 6) is 1.38. The molecule has 0 aliphatic heterocycles. The quantitative estimate of drug-likeness (QED) is 0.298. The van der Waals surface area contributed by atoms with Crippen LogP contribution in [0.3, 0.4) is 0 Å². The van der Waals surface area contributed by atoms with Crippen molar-refractivity contribution >= 4 is 17.8 Å². The molecule has 0 bridgehead atoms. The van der Waals surface area contributed by atoms with Gasteiger partial charge in [-0.25, -0.2) is 4.98 Å². The van der Waals surface area contributed by atoms with Crippen LogP contribution in [0.5, 0.6) is 5.75 Å². The minimum absolute atomic E-state index is 0.153. The molecule has 1 heterocycles. The Labute approximate surface area is 197 Å². The molecule has 2 N–H and O–H groups in total. The molecule has 1 aromatic carbocycles. The number of carbonyl (C=O) groups excluding carboxylic acids is 1. The third-order valence-electron chi connectivity index (χ3n) is 4.25. The Balaban J connectivity index is 0.00000172. The van der Waals surface area contributed by atoms with E-state index < -0.39 is 0 Å². The van der Waals surface area contributed by atoms with Crippen LogP contribution in [0.4, 0.5) is 5.82 Å². The topological polar surface area (TPSA) is 77.7 Å². The summed E-state index contributed by atoms with van der Waals surface area (Å²) in [4.78, 5) is 18.2. The molecule has 0 aliphatic rings. The Hall–Kier alpha value is -3.80. The van der Waals surface area contributed by atoms with Gasteiger partial charge >= 0.3 is 0 Å². The highest BCUT2D eigenvalue weighted by molar-refractivity contribution is 5.91. The Morgan fingerprint density at radius 3 is 2.48 bits per heavy atom. The number of nitrogens with two attached hydrogens (primary N) is 1. The average molecular weight is 450 g/mol.